The Hall–Kier alpha value is -1.36. The van der Waals surface area contributed by atoms with Gasteiger partial charge in [0.1, 0.15) is 18.0 Å². The Morgan fingerprint density at radius 1 is 1.19 bits per heavy atom. The molecular weight excluding hydrogens is 262 g/mol. The fourth-order valence-corrected chi connectivity index (χ4v) is 4.13. The molecule has 1 aromatic rings. The summed E-state index contributed by atoms with van der Waals surface area (Å²) in [5.41, 5.74) is 6.27. The SMILES string of the molecule is Nc1cc(N2CC[C@]3(CCCN(CC4CC4)C3)C2)ncn1. The smallest absolute Gasteiger partial charge is 0.134 e. The van der Waals surface area contributed by atoms with Crippen LogP contribution in [0.2, 0.25) is 0 Å². The van der Waals surface area contributed by atoms with Crippen molar-refractivity contribution in [1.29, 1.82) is 0 Å². The van der Waals surface area contributed by atoms with Crippen LogP contribution in [-0.2, 0) is 0 Å². The Bertz CT molecular complexity index is 515. The molecule has 2 N–H and O–H groups in total. The van der Waals surface area contributed by atoms with E-state index in [-0.39, 0.29) is 0 Å². The lowest BCUT2D eigenvalue weighted by atomic mass is 9.79. The Labute approximate surface area is 126 Å². The van der Waals surface area contributed by atoms with Crippen molar-refractivity contribution in [3.05, 3.63) is 12.4 Å². The lowest BCUT2D eigenvalue weighted by Crippen LogP contribution is -2.45. The third-order valence-corrected chi connectivity index (χ3v) is 5.39. The van der Waals surface area contributed by atoms with Crippen LogP contribution in [0.3, 0.4) is 0 Å². The maximum Gasteiger partial charge on any atom is 0.134 e. The number of nitrogen functional groups attached to an aromatic ring is 1. The lowest BCUT2D eigenvalue weighted by Gasteiger charge is -2.40. The van der Waals surface area contributed by atoms with E-state index < -0.39 is 0 Å². The van der Waals surface area contributed by atoms with Gasteiger partial charge < -0.3 is 15.5 Å². The molecular formula is C16H25N5. The number of anilines is 2. The molecule has 5 heteroatoms. The van der Waals surface area contributed by atoms with Crippen LogP contribution >= 0.6 is 0 Å². The molecule has 114 valence electrons. The van der Waals surface area contributed by atoms with Gasteiger partial charge in [-0.3, -0.25) is 0 Å². The summed E-state index contributed by atoms with van der Waals surface area (Å²) in [6, 6.07) is 1.91. The molecule has 0 aromatic carbocycles. The zero-order valence-electron chi connectivity index (χ0n) is 12.7. The summed E-state index contributed by atoms with van der Waals surface area (Å²) in [6.45, 7) is 6.15. The zero-order valence-corrected chi connectivity index (χ0v) is 12.7. The molecule has 2 aliphatic heterocycles. The minimum atomic E-state index is 0.479. The molecule has 0 radical (unpaired) electrons. The molecule has 0 amide bonds. The second-order valence-electron chi connectivity index (χ2n) is 7.25. The predicted octanol–water partition coefficient (Wildman–Crippen LogP) is 1.76. The topological polar surface area (TPSA) is 58.3 Å². The van der Waals surface area contributed by atoms with Gasteiger partial charge in [0.05, 0.1) is 0 Å². The second-order valence-corrected chi connectivity index (χ2v) is 7.25. The highest BCUT2D eigenvalue weighted by Crippen LogP contribution is 2.41. The highest BCUT2D eigenvalue weighted by Gasteiger charge is 2.42. The summed E-state index contributed by atoms with van der Waals surface area (Å²) in [5, 5.41) is 0. The van der Waals surface area contributed by atoms with E-state index in [0.717, 1.165) is 24.8 Å². The number of hydrogen-bond donors (Lipinski definition) is 1. The molecule has 1 atom stereocenters. The normalized spacial score (nSPS) is 30.2. The summed E-state index contributed by atoms with van der Waals surface area (Å²) in [5.74, 6) is 2.57. The van der Waals surface area contributed by atoms with Gasteiger partial charge in [0.25, 0.3) is 0 Å². The van der Waals surface area contributed by atoms with E-state index in [2.05, 4.69) is 19.8 Å². The third-order valence-electron chi connectivity index (χ3n) is 5.39. The molecule has 1 aliphatic carbocycles. The number of hydrogen-bond acceptors (Lipinski definition) is 5. The third kappa shape index (κ3) is 2.84. The molecule has 1 spiro atoms. The molecule has 3 heterocycles. The molecule has 0 bridgehead atoms. The van der Waals surface area contributed by atoms with Gasteiger partial charge in [0.15, 0.2) is 0 Å². The highest BCUT2D eigenvalue weighted by molar-refractivity contribution is 5.47. The van der Waals surface area contributed by atoms with Crippen molar-refractivity contribution in [1.82, 2.24) is 14.9 Å². The Morgan fingerprint density at radius 3 is 2.90 bits per heavy atom. The molecule has 0 unspecified atom stereocenters. The van der Waals surface area contributed by atoms with Gasteiger partial charge in [-0.1, -0.05) is 0 Å². The monoisotopic (exact) mass is 287 g/mol. The largest absolute Gasteiger partial charge is 0.384 e. The molecule has 3 fully saturated rings. The fourth-order valence-electron chi connectivity index (χ4n) is 4.13. The zero-order chi connectivity index (χ0) is 14.3. The quantitative estimate of drug-likeness (QED) is 0.918. The van der Waals surface area contributed by atoms with E-state index >= 15 is 0 Å². The summed E-state index contributed by atoms with van der Waals surface area (Å²) in [4.78, 5) is 13.5. The Morgan fingerprint density at radius 2 is 2.10 bits per heavy atom. The maximum atomic E-state index is 5.79. The Balaban J connectivity index is 1.44. The molecule has 1 aromatic heterocycles. The van der Waals surface area contributed by atoms with Crippen LogP contribution in [0.4, 0.5) is 11.6 Å². The fraction of sp³-hybridized carbons (Fsp3) is 0.750. The van der Waals surface area contributed by atoms with Crippen LogP contribution in [0.5, 0.6) is 0 Å². The van der Waals surface area contributed by atoms with Gasteiger partial charge in [-0.2, -0.15) is 0 Å². The molecule has 3 aliphatic rings. The van der Waals surface area contributed by atoms with Crippen molar-refractivity contribution in [2.24, 2.45) is 11.3 Å². The predicted molar refractivity (Wildman–Crippen MR) is 84.1 cm³/mol. The number of aromatic nitrogens is 2. The summed E-state index contributed by atoms with van der Waals surface area (Å²) < 4.78 is 0. The van der Waals surface area contributed by atoms with Crippen molar-refractivity contribution < 1.29 is 0 Å². The van der Waals surface area contributed by atoms with Crippen molar-refractivity contribution >= 4 is 11.6 Å². The van der Waals surface area contributed by atoms with Gasteiger partial charge in [-0.25, -0.2) is 9.97 Å². The Kier molecular flexibility index (Phi) is 3.25. The minimum absolute atomic E-state index is 0.479. The summed E-state index contributed by atoms with van der Waals surface area (Å²) in [6.07, 6.45) is 8.50. The van der Waals surface area contributed by atoms with Crippen molar-refractivity contribution in [2.75, 3.05) is 43.4 Å². The first-order valence-electron chi connectivity index (χ1n) is 8.27. The molecule has 1 saturated carbocycles. The number of likely N-dealkylation sites (tertiary alicyclic amines) is 1. The van der Waals surface area contributed by atoms with E-state index in [0.29, 0.717) is 11.2 Å². The molecule has 4 rings (SSSR count). The highest BCUT2D eigenvalue weighted by atomic mass is 15.2. The lowest BCUT2D eigenvalue weighted by molar-refractivity contribution is 0.101. The van der Waals surface area contributed by atoms with Gasteiger partial charge in [0, 0.05) is 37.7 Å². The minimum Gasteiger partial charge on any atom is -0.384 e. The first-order chi connectivity index (χ1) is 10.2. The van der Waals surface area contributed by atoms with Crippen LogP contribution < -0.4 is 10.6 Å². The van der Waals surface area contributed by atoms with Crippen molar-refractivity contribution in [3.63, 3.8) is 0 Å². The molecule has 2 saturated heterocycles. The first-order valence-corrected chi connectivity index (χ1v) is 8.27. The van der Waals surface area contributed by atoms with Crippen molar-refractivity contribution in [2.45, 2.75) is 32.1 Å². The van der Waals surface area contributed by atoms with Crippen LogP contribution in [-0.4, -0.2) is 47.6 Å². The van der Waals surface area contributed by atoms with E-state index in [4.69, 9.17) is 5.73 Å². The number of nitrogens with two attached hydrogens (primary N) is 1. The molecule has 21 heavy (non-hydrogen) atoms. The maximum absolute atomic E-state index is 5.79. The van der Waals surface area contributed by atoms with Crippen LogP contribution in [0.25, 0.3) is 0 Å². The van der Waals surface area contributed by atoms with E-state index in [1.165, 1.54) is 51.7 Å². The van der Waals surface area contributed by atoms with Crippen LogP contribution in [0.15, 0.2) is 12.4 Å². The standard InChI is InChI=1S/C16H25N5/c17-14-8-15(19-12-18-14)21-7-5-16(11-21)4-1-6-20(10-16)9-13-2-3-13/h8,12-13H,1-7,9-11H2,(H2,17,18,19)/t16-/m0/s1. The second kappa shape index (κ2) is 5.13. The van der Waals surface area contributed by atoms with Crippen LogP contribution in [0.1, 0.15) is 32.1 Å². The van der Waals surface area contributed by atoms with Gasteiger partial charge in [-0.15, -0.1) is 0 Å². The van der Waals surface area contributed by atoms with E-state index in [1.807, 2.05) is 6.07 Å². The van der Waals surface area contributed by atoms with Crippen molar-refractivity contribution in [3.8, 4) is 0 Å². The number of nitrogens with zero attached hydrogens (tertiary/aromatic N) is 4. The van der Waals surface area contributed by atoms with E-state index in [9.17, 15) is 0 Å². The van der Waals surface area contributed by atoms with E-state index in [1.54, 1.807) is 6.33 Å². The average Bonchev–Trinajstić information content (AvgIpc) is 3.19. The number of rotatable bonds is 3. The average molecular weight is 287 g/mol. The summed E-state index contributed by atoms with van der Waals surface area (Å²) >= 11 is 0. The van der Waals surface area contributed by atoms with Gasteiger partial charge >= 0.3 is 0 Å². The molecule has 5 nitrogen and oxygen atoms in total. The van der Waals surface area contributed by atoms with Gasteiger partial charge in [0.2, 0.25) is 0 Å². The number of piperidine rings is 1. The van der Waals surface area contributed by atoms with Crippen LogP contribution in [0, 0.1) is 11.3 Å². The first kappa shape index (κ1) is 13.3. The summed E-state index contributed by atoms with van der Waals surface area (Å²) in [7, 11) is 0. The van der Waals surface area contributed by atoms with Gasteiger partial charge in [-0.05, 0) is 44.6 Å².